The first-order valence-corrected chi connectivity index (χ1v) is 14.8. The summed E-state index contributed by atoms with van der Waals surface area (Å²) in [6.45, 7) is 4.64. The van der Waals surface area contributed by atoms with Crippen molar-refractivity contribution in [1.29, 1.82) is 0 Å². The van der Waals surface area contributed by atoms with Gasteiger partial charge in [-0.15, -0.1) is 11.8 Å². The van der Waals surface area contributed by atoms with E-state index in [1.54, 1.807) is 20.0 Å². The second kappa shape index (κ2) is 12.8. The predicted molar refractivity (Wildman–Crippen MR) is 143 cm³/mol. The molecule has 0 radical (unpaired) electrons. The van der Waals surface area contributed by atoms with Crippen LogP contribution in [0.2, 0.25) is 0 Å². The zero-order valence-corrected chi connectivity index (χ0v) is 23.2. The quantitative estimate of drug-likeness (QED) is 0.302. The van der Waals surface area contributed by atoms with E-state index in [1.165, 1.54) is 23.2 Å². The van der Waals surface area contributed by atoms with Gasteiger partial charge < -0.3 is 19.1 Å². The number of rotatable bonds is 11. The van der Waals surface area contributed by atoms with E-state index in [2.05, 4.69) is 11.8 Å². The van der Waals surface area contributed by atoms with Gasteiger partial charge in [0.05, 0.1) is 17.7 Å². The Hall–Kier alpha value is -2.27. The van der Waals surface area contributed by atoms with Gasteiger partial charge in [-0.2, -0.15) is 4.31 Å². The molecule has 0 aliphatic carbocycles. The number of sulfonamides is 1. The van der Waals surface area contributed by atoms with Gasteiger partial charge in [-0.3, -0.25) is 0 Å². The number of fused-ring (bicyclic) bond motifs is 1. The summed E-state index contributed by atoms with van der Waals surface area (Å²) in [7, 11) is -0.872. The molecule has 36 heavy (non-hydrogen) atoms. The van der Waals surface area contributed by atoms with E-state index < -0.39 is 22.1 Å². The number of hydrogen-bond acceptors (Lipinski definition) is 8. The average Bonchev–Trinajstić information content (AvgIpc) is 2.97. The zero-order chi connectivity index (χ0) is 26.3. The smallest absolute Gasteiger partial charge is 0.338 e. The summed E-state index contributed by atoms with van der Waals surface area (Å²) in [5.74, 6) is -0.162. The Kier molecular flexibility index (Phi) is 10.1. The van der Waals surface area contributed by atoms with Crippen LogP contribution in [0.3, 0.4) is 0 Å². The van der Waals surface area contributed by atoms with E-state index in [0.29, 0.717) is 24.6 Å². The number of likely N-dealkylation sites (N-methyl/N-ethyl adjacent to an activating group) is 1. The minimum absolute atomic E-state index is 0.0930. The Bertz CT molecular complexity index is 1130. The van der Waals surface area contributed by atoms with Crippen molar-refractivity contribution in [2.45, 2.75) is 55.0 Å². The molecule has 2 atom stereocenters. The molecule has 0 fully saturated rings. The second-order valence-corrected chi connectivity index (χ2v) is 11.3. The summed E-state index contributed by atoms with van der Waals surface area (Å²) in [4.78, 5) is 15.1. The van der Waals surface area contributed by atoms with Crippen molar-refractivity contribution in [3.8, 4) is 5.75 Å². The van der Waals surface area contributed by atoms with Gasteiger partial charge in [0.25, 0.3) is 0 Å². The van der Waals surface area contributed by atoms with Gasteiger partial charge >= 0.3 is 5.97 Å². The van der Waals surface area contributed by atoms with Gasteiger partial charge in [0.1, 0.15) is 17.3 Å². The Morgan fingerprint density at radius 3 is 2.53 bits per heavy atom. The third-order valence-corrected chi connectivity index (χ3v) is 8.98. The highest BCUT2D eigenvalue weighted by molar-refractivity contribution is 7.98. The van der Waals surface area contributed by atoms with Gasteiger partial charge in [0, 0.05) is 38.0 Å². The first-order valence-electron chi connectivity index (χ1n) is 12.1. The van der Waals surface area contributed by atoms with E-state index in [1.807, 2.05) is 42.7 Å². The van der Waals surface area contributed by atoms with Crippen molar-refractivity contribution in [1.82, 2.24) is 4.31 Å². The van der Waals surface area contributed by atoms with Gasteiger partial charge in [-0.25, -0.2) is 13.2 Å². The normalized spacial score (nSPS) is 18.2. The molecule has 198 valence electrons. The molecule has 0 aromatic heterocycles. The number of anilines is 2. The second-order valence-electron chi connectivity index (χ2n) is 8.51. The van der Waals surface area contributed by atoms with Crippen LogP contribution in [-0.4, -0.2) is 71.0 Å². The number of benzene rings is 2. The summed E-state index contributed by atoms with van der Waals surface area (Å²) in [6, 6.07) is 13.1. The summed E-state index contributed by atoms with van der Waals surface area (Å²) in [6.07, 6.45) is 3.67. The third kappa shape index (κ3) is 6.16. The number of unbranched alkanes of at least 4 members (excludes halogenated alkanes) is 1. The predicted octanol–water partition coefficient (Wildman–Crippen LogP) is 4.70. The van der Waals surface area contributed by atoms with Crippen LogP contribution in [0.4, 0.5) is 11.4 Å². The van der Waals surface area contributed by atoms with Crippen LogP contribution in [0, 0.1) is 0 Å². The number of carbonyl (C=O) groups is 1. The summed E-state index contributed by atoms with van der Waals surface area (Å²) < 4.78 is 45.5. The molecule has 0 saturated carbocycles. The third-order valence-electron chi connectivity index (χ3n) is 6.28. The number of hydrogen-bond donors (Lipinski definition) is 0. The van der Waals surface area contributed by atoms with Crippen LogP contribution in [0.25, 0.3) is 0 Å². The van der Waals surface area contributed by atoms with Crippen LogP contribution >= 0.6 is 11.8 Å². The van der Waals surface area contributed by atoms with Crippen molar-refractivity contribution in [2.24, 2.45) is 0 Å². The molecule has 0 bridgehead atoms. The minimum Gasteiger partial charge on any atom is -0.489 e. The van der Waals surface area contributed by atoms with Crippen LogP contribution in [0.15, 0.2) is 52.3 Å². The lowest BCUT2D eigenvalue weighted by Gasteiger charge is -2.29. The highest BCUT2D eigenvalue weighted by atomic mass is 32.2. The minimum atomic E-state index is -3.82. The van der Waals surface area contributed by atoms with E-state index in [0.717, 1.165) is 29.8 Å². The van der Waals surface area contributed by atoms with Crippen LogP contribution in [0.5, 0.6) is 5.75 Å². The number of ether oxygens (including phenoxy) is 3. The molecule has 2 aromatic carbocycles. The molecule has 2 unspecified atom stereocenters. The molecule has 10 heteroatoms. The maximum absolute atomic E-state index is 13.9. The van der Waals surface area contributed by atoms with E-state index in [9.17, 15) is 13.2 Å². The van der Waals surface area contributed by atoms with Crippen molar-refractivity contribution < 1.29 is 27.4 Å². The number of carbonyl (C=O) groups excluding carboxylic acids is 1. The van der Waals surface area contributed by atoms with Crippen LogP contribution in [-0.2, 0) is 24.3 Å². The van der Waals surface area contributed by atoms with E-state index in [-0.39, 0.29) is 17.5 Å². The highest BCUT2D eigenvalue weighted by Gasteiger charge is 2.37. The Morgan fingerprint density at radius 2 is 1.92 bits per heavy atom. The summed E-state index contributed by atoms with van der Waals surface area (Å²) in [5.41, 5.74) is 1.53. The molecule has 0 saturated heterocycles. The van der Waals surface area contributed by atoms with Gasteiger partial charge in [-0.1, -0.05) is 38.0 Å². The van der Waals surface area contributed by atoms with Gasteiger partial charge in [0.2, 0.25) is 10.0 Å². The maximum atomic E-state index is 13.9. The molecular formula is C26H36N2O6S2. The van der Waals surface area contributed by atoms with Crippen molar-refractivity contribution in [3.63, 3.8) is 0 Å². The standard InChI is InChI=1S/C26H36N2O6S2/c1-6-8-12-20-17-28(19-13-10-9-11-14-19)21-15-24(35-5)22(16-25(21)36(30,31)27(20)3)34-18-23(33-7-2)26(29)32-4/h9-11,13-16,20,23H,6-8,12,17-18H2,1-5H3. The average molecular weight is 537 g/mol. The Labute approximate surface area is 218 Å². The van der Waals surface area contributed by atoms with Crippen molar-refractivity contribution in [2.75, 3.05) is 45.1 Å². The van der Waals surface area contributed by atoms with Crippen molar-refractivity contribution in [3.05, 3.63) is 42.5 Å². The molecule has 2 aromatic rings. The first-order chi connectivity index (χ1) is 17.3. The number of esters is 1. The summed E-state index contributed by atoms with van der Waals surface area (Å²) >= 11 is 1.45. The fourth-order valence-electron chi connectivity index (χ4n) is 4.24. The molecule has 0 N–H and O–H groups in total. The fraction of sp³-hybridized carbons (Fsp3) is 0.500. The lowest BCUT2D eigenvalue weighted by atomic mass is 10.1. The lowest BCUT2D eigenvalue weighted by Crippen LogP contribution is -2.40. The van der Waals surface area contributed by atoms with Gasteiger partial charge in [-0.05, 0) is 37.8 Å². The fourth-order valence-corrected chi connectivity index (χ4v) is 6.36. The largest absolute Gasteiger partial charge is 0.489 e. The molecular weight excluding hydrogens is 500 g/mol. The molecule has 1 heterocycles. The lowest BCUT2D eigenvalue weighted by molar-refractivity contribution is -0.155. The van der Waals surface area contributed by atoms with Gasteiger partial charge in [0.15, 0.2) is 6.10 Å². The Balaban J connectivity index is 2.11. The summed E-state index contributed by atoms with van der Waals surface area (Å²) in [5, 5.41) is 0. The van der Waals surface area contributed by atoms with E-state index >= 15 is 0 Å². The number of nitrogens with zero attached hydrogens (tertiary/aromatic N) is 2. The molecule has 1 aliphatic heterocycles. The highest BCUT2D eigenvalue weighted by Crippen LogP contribution is 2.43. The Morgan fingerprint density at radius 1 is 1.19 bits per heavy atom. The van der Waals surface area contributed by atoms with Crippen molar-refractivity contribution >= 4 is 39.1 Å². The number of thioether (sulfide) groups is 1. The molecule has 1 aliphatic rings. The molecule has 0 amide bonds. The zero-order valence-electron chi connectivity index (χ0n) is 21.6. The van der Waals surface area contributed by atoms with Crippen LogP contribution < -0.4 is 9.64 Å². The number of para-hydroxylation sites is 1. The number of methoxy groups -OCH3 is 1. The first kappa shape index (κ1) is 28.3. The molecule has 8 nitrogen and oxygen atoms in total. The SMILES string of the molecule is CCCCC1CN(c2ccccc2)c2cc(SC)c(OCC(OCC)C(=O)OC)cc2S(=O)(=O)N1C. The van der Waals surface area contributed by atoms with Crippen LogP contribution in [0.1, 0.15) is 33.1 Å². The molecule has 0 spiro atoms. The van der Waals surface area contributed by atoms with E-state index in [4.69, 9.17) is 14.2 Å². The maximum Gasteiger partial charge on any atom is 0.338 e. The monoisotopic (exact) mass is 536 g/mol. The molecule has 3 rings (SSSR count). The topological polar surface area (TPSA) is 85.4 Å².